The number of hydrogen-bond donors (Lipinski definition) is 1. The van der Waals surface area contributed by atoms with E-state index in [2.05, 4.69) is 41.7 Å². The van der Waals surface area contributed by atoms with Gasteiger partial charge in [0.05, 0.1) is 5.41 Å². The van der Waals surface area contributed by atoms with Gasteiger partial charge in [0.25, 0.3) is 0 Å². The van der Waals surface area contributed by atoms with Crippen LogP contribution in [-0.4, -0.2) is 11.3 Å². The van der Waals surface area contributed by atoms with Crippen LogP contribution in [0, 0.1) is 0 Å². The summed E-state index contributed by atoms with van der Waals surface area (Å²) >= 11 is 6.34. The fourth-order valence-electron chi connectivity index (χ4n) is 4.32. The van der Waals surface area contributed by atoms with Gasteiger partial charge in [0, 0.05) is 6.54 Å². The molecule has 31 heavy (non-hydrogen) atoms. The Hall–Kier alpha value is -3.20. The third-order valence-electron chi connectivity index (χ3n) is 5.70. The van der Waals surface area contributed by atoms with Crippen LogP contribution >= 0.6 is 11.6 Å². The molecule has 3 heteroatoms. The minimum absolute atomic E-state index is 0.424. The average molecular weight is 426 g/mol. The molecule has 2 nitrogen and oxygen atoms in total. The van der Waals surface area contributed by atoms with Crippen molar-refractivity contribution in [3.05, 3.63) is 144 Å². The van der Waals surface area contributed by atoms with E-state index in [0.29, 0.717) is 6.54 Å². The zero-order valence-corrected chi connectivity index (χ0v) is 17.9. The molecule has 0 fully saturated rings. The molecule has 4 aromatic rings. The van der Waals surface area contributed by atoms with E-state index in [9.17, 15) is 4.79 Å². The first-order chi connectivity index (χ1) is 15.2. The van der Waals surface area contributed by atoms with Crippen LogP contribution in [0.5, 0.6) is 0 Å². The molecule has 0 aliphatic rings. The van der Waals surface area contributed by atoms with E-state index in [-0.39, 0.29) is 0 Å². The van der Waals surface area contributed by atoms with E-state index >= 15 is 0 Å². The quantitative estimate of drug-likeness (QED) is 0.279. The highest BCUT2D eigenvalue weighted by molar-refractivity contribution is 6.65. The van der Waals surface area contributed by atoms with Crippen molar-refractivity contribution in [2.45, 2.75) is 18.0 Å². The molecule has 1 atom stereocenters. The van der Waals surface area contributed by atoms with E-state index < -0.39 is 16.7 Å². The SMILES string of the molecule is O=C(Cl)[C@@H](NCc1ccccc1)C(c1ccccc1)(c1ccccc1)c1ccccc1. The van der Waals surface area contributed by atoms with Crippen LogP contribution in [0.3, 0.4) is 0 Å². The summed E-state index contributed by atoms with van der Waals surface area (Å²) in [4.78, 5) is 13.0. The highest BCUT2D eigenvalue weighted by Crippen LogP contribution is 2.43. The largest absolute Gasteiger partial charge is 0.301 e. The van der Waals surface area contributed by atoms with Crippen LogP contribution < -0.4 is 5.32 Å². The number of carbonyl (C=O) groups is 1. The molecule has 4 rings (SSSR count). The molecule has 0 unspecified atom stereocenters. The second-order valence-electron chi connectivity index (χ2n) is 7.51. The summed E-state index contributed by atoms with van der Waals surface area (Å²) in [6.07, 6.45) is 0. The molecule has 0 radical (unpaired) electrons. The molecule has 0 amide bonds. The van der Waals surface area contributed by atoms with Crippen molar-refractivity contribution in [1.29, 1.82) is 0 Å². The van der Waals surface area contributed by atoms with Gasteiger partial charge in [-0.25, -0.2) is 0 Å². The van der Waals surface area contributed by atoms with Crippen LogP contribution in [0.15, 0.2) is 121 Å². The Morgan fingerprint density at radius 3 is 1.35 bits per heavy atom. The first kappa shape index (κ1) is 21.0. The number of hydrogen-bond acceptors (Lipinski definition) is 2. The Morgan fingerprint density at radius 2 is 1.00 bits per heavy atom. The van der Waals surface area contributed by atoms with Gasteiger partial charge in [-0.2, -0.15) is 0 Å². The summed E-state index contributed by atoms with van der Waals surface area (Å²) < 4.78 is 0. The van der Waals surface area contributed by atoms with Crippen molar-refractivity contribution < 1.29 is 4.79 Å². The zero-order chi connectivity index (χ0) is 21.5. The maximum Gasteiger partial charge on any atom is 0.240 e. The van der Waals surface area contributed by atoms with Crippen molar-refractivity contribution >= 4 is 16.8 Å². The lowest BCUT2D eigenvalue weighted by atomic mass is 9.65. The van der Waals surface area contributed by atoms with Crippen LogP contribution in [0.4, 0.5) is 0 Å². The molecule has 4 aromatic carbocycles. The Bertz CT molecular complexity index is 1000. The number of nitrogens with one attached hydrogen (secondary N) is 1. The summed E-state index contributed by atoms with van der Waals surface area (Å²) in [7, 11) is 0. The van der Waals surface area contributed by atoms with Crippen molar-refractivity contribution in [2.75, 3.05) is 0 Å². The van der Waals surface area contributed by atoms with Gasteiger partial charge in [0.2, 0.25) is 5.24 Å². The van der Waals surface area contributed by atoms with Crippen molar-refractivity contribution in [3.63, 3.8) is 0 Å². The van der Waals surface area contributed by atoms with Crippen molar-refractivity contribution in [3.8, 4) is 0 Å². The predicted octanol–water partition coefficient (Wildman–Crippen LogP) is 5.94. The first-order valence-corrected chi connectivity index (χ1v) is 10.7. The smallest absolute Gasteiger partial charge is 0.240 e. The average Bonchev–Trinajstić information content (AvgIpc) is 2.84. The molecular weight excluding hydrogens is 402 g/mol. The van der Waals surface area contributed by atoms with Gasteiger partial charge >= 0.3 is 0 Å². The van der Waals surface area contributed by atoms with Gasteiger partial charge in [-0.15, -0.1) is 0 Å². The van der Waals surface area contributed by atoms with Crippen LogP contribution in [0.25, 0.3) is 0 Å². The Labute approximate surface area is 188 Å². The van der Waals surface area contributed by atoms with Crippen molar-refractivity contribution in [1.82, 2.24) is 5.32 Å². The molecular formula is C28H24ClNO. The second kappa shape index (κ2) is 9.74. The molecule has 0 heterocycles. The zero-order valence-electron chi connectivity index (χ0n) is 17.1. The first-order valence-electron chi connectivity index (χ1n) is 10.4. The van der Waals surface area contributed by atoms with Crippen LogP contribution in [0.2, 0.25) is 0 Å². The fraction of sp³-hybridized carbons (Fsp3) is 0.107. The maximum atomic E-state index is 13.0. The molecule has 0 aliphatic carbocycles. The summed E-state index contributed by atoms with van der Waals surface area (Å²) in [6.45, 7) is 0.526. The number of halogens is 1. The van der Waals surface area contributed by atoms with Gasteiger partial charge < -0.3 is 5.32 Å². The van der Waals surface area contributed by atoms with Gasteiger partial charge in [-0.05, 0) is 33.9 Å². The predicted molar refractivity (Wildman–Crippen MR) is 127 cm³/mol. The highest BCUT2D eigenvalue weighted by Gasteiger charge is 2.46. The fourth-order valence-corrected chi connectivity index (χ4v) is 4.56. The molecule has 0 aliphatic heterocycles. The van der Waals surface area contributed by atoms with E-state index in [1.807, 2.05) is 84.9 Å². The lowest BCUT2D eigenvalue weighted by Gasteiger charge is -2.41. The maximum absolute atomic E-state index is 13.0. The third-order valence-corrected chi connectivity index (χ3v) is 5.92. The Balaban J connectivity index is 1.94. The molecule has 154 valence electrons. The van der Waals surface area contributed by atoms with Gasteiger partial charge in [-0.1, -0.05) is 121 Å². The molecule has 0 saturated heterocycles. The van der Waals surface area contributed by atoms with Gasteiger partial charge in [0.15, 0.2) is 0 Å². The van der Waals surface area contributed by atoms with Crippen LogP contribution in [-0.2, 0) is 16.8 Å². The summed E-state index contributed by atoms with van der Waals surface area (Å²) in [5, 5.41) is 3.07. The summed E-state index contributed by atoms with van der Waals surface area (Å²) in [5.41, 5.74) is 3.32. The lowest BCUT2D eigenvalue weighted by molar-refractivity contribution is -0.114. The van der Waals surface area contributed by atoms with E-state index in [4.69, 9.17) is 11.6 Å². The highest BCUT2D eigenvalue weighted by atomic mass is 35.5. The molecule has 0 bridgehead atoms. The summed E-state index contributed by atoms with van der Waals surface area (Å²) in [5.74, 6) is 0. The number of rotatable bonds is 8. The Kier molecular flexibility index (Phi) is 6.61. The summed E-state index contributed by atoms with van der Waals surface area (Å²) in [6, 6.07) is 39.7. The van der Waals surface area contributed by atoms with Crippen molar-refractivity contribution in [2.24, 2.45) is 0 Å². The normalized spacial score (nSPS) is 12.3. The third kappa shape index (κ3) is 4.32. The number of benzene rings is 4. The monoisotopic (exact) mass is 425 g/mol. The minimum atomic E-state index is -0.794. The molecule has 0 saturated carbocycles. The molecule has 0 spiro atoms. The Morgan fingerprint density at radius 1 is 0.645 bits per heavy atom. The number of carbonyl (C=O) groups excluding carboxylic acids is 1. The van der Waals surface area contributed by atoms with Gasteiger partial charge in [0.1, 0.15) is 6.04 Å². The van der Waals surface area contributed by atoms with E-state index in [1.165, 1.54) is 0 Å². The standard InChI is InChI=1S/C28H24ClNO/c29-27(31)26(30-21-22-13-5-1-6-14-22)28(23-15-7-2-8-16-23,24-17-9-3-10-18-24)25-19-11-4-12-20-25/h1-20,26,30H,21H2/t26-/m1/s1. The van der Waals surface area contributed by atoms with Crippen LogP contribution in [0.1, 0.15) is 22.3 Å². The van der Waals surface area contributed by atoms with Gasteiger partial charge in [-0.3, -0.25) is 4.79 Å². The molecule has 0 aromatic heterocycles. The van der Waals surface area contributed by atoms with E-state index in [0.717, 1.165) is 22.3 Å². The topological polar surface area (TPSA) is 29.1 Å². The lowest BCUT2D eigenvalue weighted by Crippen LogP contribution is -2.53. The second-order valence-corrected chi connectivity index (χ2v) is 7.88. The molecule has 1 N–H and O–H groups in total. The van der Waals surface area contributed by atoms with E-state index in [1.54, 1.807) is 0 Å². The minimum Gasteiger partial charge on any atom is -0.301 e.